The molecule has 1 N–H and O–H groups in total. The highest BCUT2D eigenvalue weighted by atomic mass is 32.2. The summed E-state index contributed by atoms with van der Waals surface area (Å²) in [7, 11) is 0. The zero-order valence-corrected chi connectivity index (χ0v) is 17.0. The first-order valence-electron chi connectivity index (χ1n) is 9.05. The molecule has 0 spiro atoms. The Morgan fingerprint density at radius 3 is 2.43 bits per heavy atom. The highest BCUT2D eigenvalue weighted by molar-refractivity contribution is 7.98. The summed E-state index contributed by atoms with van der Waals surface area (Å²) in [5, 5.41) is 11.3. The van der Waals surface area contributed by atoms with E-state index in [1.54, 1.807) is 0 Å². The van der Waals surface area contributed by atoms with Crippen molar-refractivity contribution in [3.8, 4) is 17.2 Å². The Bertz CT molecular complexity index is 905. The maximum absolute atomic E-state index is 12.2. The Hall–Kier alpha value is -2.80. The van der Waals surface area contributed by atoms with Crippen molar-refractivity contribution in [1.82, 2.24) is 15.5 Å². The maximum Gasteiger partial charge on any atom is 0.276 e. The van der Waals surface area contributed by atoms with Gasteiger partial charge in [0.1, 0.15) is 12.4 Å². The zero-order valence-electron chi connectivity index (χ0n) is 16.1. The van der Waals surface area contributed by atoms with Crippen LogP contribution in [-0.2, 0) is 0 Å². The van der Waals surface area contributed by atoms with Crippen LogP contribution in [0.4, 0.5) is 0 Å². The van der Waals surface area contributed by atoms with Crippen LogP contribution in [0.25, 0.3) is 11.5 Å². The number of nitrogens with one attached hydrogen (secondary N) is 1. The third kappa shape index (κ3) is 5.13. The predicted octanol–water partition coefficient (Wildman–Crippen LogP) is 4.39. The highest BCUT2D eigenvalue weighted by Gasteiger charge is 2.08. The number of amides is 1. The van der Waals surface area contributed by atoms with E-state index >= 15 is 0 Å². The molecule has 0 unspecified atom stereocenters. The fourth-order valence-electron chi connectivity index (χ4n) is 2.56. The highest BCUT2D eigenvalue weighted by Crippen LogP contribution is 2.23. The van der Waals surface area contributed by atoms with Gasteiger partial charge in [0.25, 0.3) is 11.1 Å². The number of hydrogen-bond donors (Lipinski definition) is 1. The van der Waals surface area contributed by atoms with E-state index in [0.29, 0.717) is 41.5 Å². The molecule has 3 aromatic rings. The van der Waals surface area contributed by atoms with Gasteiger partial charge in [-0.2, -0.15) is 0 Å². The monoisotopic (exact) mass is 397 g/mol. The number of rotatable bonds is 8. The molecule has 2 aromatic carbocycles. The van der Waals surface area contributed by atoms with E-state index in [1.165, 1.54) is 17.3 Å². The van der Waals surface area contributed by atoms with Crippen molar-refractivity contribution in [2.45, 2.75) is 25.0 Å². The zero-order chi connectivity index (χ0) is 19.9. The first kappa shape index (κ1) is 19.9. The molecule has 1 amide bonds. The van der Waals surface area contributed by atoms with Crippen molar-refractivity contribution in [2.75, 3.05) is 19.4 Å². The Morgan fingerprint density at radius 1 is 1.11 bits per heavy atom. The van der Waals surface area contributed by atoms with Crippen molar-refractivity contribution >= 4 is 17.7 Å². The Morgan fingerprint density at radius 2 is 1.82 bits per heavy atom. The first-order valence-corrected chi connectivity index (χ1v) is 10.3. The van der Waals surface area contributed by atoms with E-state index in [-0.39, 0.29) is 5.91 Å². The summed E-state index contributed by atoms with van der Waals surface area (Å²) in [5.74, 6) is 1.54. The number of thioether (sulfide) groups is 1. The van der Waals surface area contributed by atoms with Gasteiger partial charge in [0, 0.05) is 11.1 Å². The Balaban J connectivity index is 1.45. The van der Waals surface area contributed by atoms with E-state index in [2.05, 4.69) is 29.4 Å². The lowest BCUT2D eigenvalue weighted by atomic mass is 10.0. The fraction of sp³-hybridized carbons (Fsp3) is 0.286. The molecule has 0 saturated heterocycles. The number of carbonyl (C=O) groups excluding carboxylic acids is 1. The van der Waals surface area contributed by atoms with Crippen molar-refractivity contribution in [1.29, 1.82) is 0 Å². The van der Waals surface area contributed by atoms with Crippen LogP contribution >= 0.6 is 11.8 Å². The lowest BCUT2D eigenvalue weighted by molar-refractivity contribution is 0.0947. The van der Waals surface area contributed by atoms with Crippen molar-refractivity contribution in [3.05, 3.63) is 59.7 Å². The molecular formula is C21H23N3O3S. The SMILES string of the molecule is CSc1nnc(-c2ccc(OCCNC(=O)c3ccc(C(C)C)cc3)cc2)o1. The van der Waals surface area contributed by atoms with Gasteiger partial charge < -0.3 is 14.5 Å². The van der Waals surface area contributed by atoms with E-state index in [4.69, 9.17) is 9.15 Å². The van der Waals surface area contributed by atoms with Crippen LogP contribution in [0.1, 0.15) is 35.7 Å². The third-order valence-electron chi connectivity index (χ3n) is 4.18. The molecule has 1 heterocycles. The topological polar surface area (TPSA) is 77.3 Å². The number of aromatic nitrogens is 2. The van der Waals surface area contributed by atoms with Crippen molar-refractivity contribution in [3.63, 3.8) is 0 Å². The van der Waals surface area contributed by atoms with Crippen molar-refractivity contribution < 1.29 is 13.9 Å². The van der Waals surface area contributed by atoms with Gasteiger partial charge in [0.2, 0.25) is 5.89 Å². The summed E-state index contributed by atoms with van der Waals surface area (Å²) < 4.78 is 11.2. The molecule has 3 rings (SSSR count). The molecule has 6 nitrogen and oxygen atoms in total. The molecule has 0 radical (unpaired) electrons. The van der Waals surface area contributed by atoms with E-state index in [0.717, 1.165) is 5.56 Å². The summed E-state index contributed by atoms with van der Waals surface area (Å²) in [6.45, 7) is 5.06. The van der Waals surface area contributed by atoms with Gasteiger partial charge in [-0.3, -0.25) is 4.79 Å². The second-order valence-corrected chi connectivity index (χ2v) is 7.24. The Labute approximate surface area is 168 Å². The molecule has 0 fully saturated rings. The van der Waals surface area contributed by atoms with Crippen molar-refractivity contribution in [2.24, 2.45) is 0 Å². The second kappa shape index (κ2) is 9.41. The third-order valence-corrected chi connectivity index (χ3v) is 4.69. The second-order valence-electron chi connectivity index (χ2n) is 6.48. The number of benzene rings is 2. The normalized spacial score (nSPS) is 10.9. The lowest BCUT2D eigenvalue weighted by Crippen LogP contribution is -2.28. The molecule has 0 aliphatic rings. The molecule has 1 aromatic heterocycles. The maximum atomic E-state index is 12.2. The molecule has 0 atom stereocenters. The van der Waals surface area contributed by atoms with E-state index in [1.807, 2.05) is 54.8 Å². The molecule has 7 heteroatoms. The minimum atomic E-state index is -0.102. The van der Waals surface area contributed by atoms with E-state index < -0.39 is 0 Å². The summed E-state index contributed by atoms with van der Waals surface area (Å²) >= 11 is 1.40. The smallest absolute Gasteiger partial charge is 0.276 e. The lowest BCUT2D eigenvalue weighted by Gasteiger charge is -2.09. The van der Waals surface area contributed by atoms with Gasteiger partial charge in [0.05, 0.1) is 6.54 Å². The van der Waals surface area contributed by atoms with Gasteiger partial charge >= 0.3 is 0 Å². The van der Waals surface area contributed by atoms with Crippen LogP contribution in [0.2, 0.25) is 0 Å². The standard InChI is InChI=1S/C21H23N3O3S/c1-14(2)15-4-6-16(7-5-15)19(25)22-12-13-26-18-10-8-17(9-11-18)20-23-24-21(27-20)28-3/h4-11,14H,12-13H2,1-3H3,(H,22,25). The number of hydrogen-bond acceptors (Lipinski definition) is 6. The molecule has 28 heavy (non-hydrogen) atoms. The minimum Gasteiger partial charge on any atom is -0.492 e. The van der Waals surface area contributed by atoms with Gasteiger partial charge in [0.15, 0.2) is 0 Å². The van der Waals surface area contributed by atoms with Crippen LogP contribution in [0.3, 0.4) is 0 Å². The van der Waals surface area contributed by atoms with Crippen LogP contribution in [0.5, 0.6) is 5.75 Å². The van der Waals surface area contributed by atoms with Crippen LogP contribution in [0, 0.1) is 0 Å². The molecule has 0 bridgehead atoms. The van der Waals surface area contributed by atoms with Gasteiger partial charge in [-0.15, -0.1) is 10.2 Å². The molecule has 146 valence electrons. The Kier molecular flexibility index (Phi) is 6.71. The quantitative estimate of drug-likeness (QED) is 0.449. The minimum absolute atomic E-state index is 0.102. The average Bonchev–Trinajstić information content (AvgIpc) is 3.21. The van der Waals surface area contributed by atoms with Crippen LogP contribution in [-0.4, -0.2) is 35.5 Å². The van der Waals surface area contributed by atoms with Gasteiger partial charge in [-0.05, 0) is 54.1 Å². The van der Waals surface area contributed by atoms with Gasteiger partial charge in [-0.1, -0.05) is 37.7 Å². The summed E-state index contributed by atoms with van der Waals surface area (Å²) in [5.41, 5.74) is 2.70. The number of nitrogens with zero attached hydrogens (tertiary/aromatic N) is 2. The van der Waals surface area contributed by atoms with Gasteiger partial charge in [-0.25, -0.2) is 0 Å². The molecule has 0 saturated carbocycles. The first-order chi connectivity index (χ1) is 13.6. The number of ether oxygens (including phenoxy) is 1. The average molecular weight is 398 g/mol. The summed E-state index contributed by atoms with van der Waals surface area (Å²) in [6.07, 6.45) is 1.88. The largest absolute Gasteiger partial charge is 0.492 e. The summed E-state index contributed by atoms with van der Waals surface area (Å²) in [4.78, 5) is 12.2. The summed E-state index contributed by atoms with van der Waals surface area (Å²) in [6, 6.07) is 15.1. The predicted molar refractivity (Wildman–Crippen MR) is 110 cm³/mol. The van der Waals surface area contributed by atoms with Crippen LogP contribution in [0.15, 0.2) is 58.2 Å². The molecule has 0 aliphatic heterocycles. The molecule has 0 aliphatic carbocycles. The fourth-order valence-corrected chi connectivity index (χ4v) is 2.84. The number of carbonyl (C=O) groups is 1. The molecular weight excluding hydrogens is 374 g/mol. The van der Waals surface area contributed by atoms with E-state index in [9.17, 15) is 4.79 Å². The van der Waals surface area contributed by atoms with Crippen LogP contribution < -0.4 is 10.1 Å².